The molecule has 0 saturated heterocycles. The van der Waals surface area contributed by atoms with Gasteiger partial charge in [-0.15, -0.1) is 0 Å². The van der Waals surface area contributed by atoms with E-state index in [1.807, 2.05) is 36.4 Å². The number of hydrogen-bond donors (Lipinski definition) is 3. The van der Waals surface area contributed by atoms with Gasteiger partial charge in [0.2, 0.25) is 5.91 Å². The minimum atomic E-state index is -1.20. The molecule has 180 valence electrons. The first-order valence-electron chi connectivity index (χ1n) is 12.0. The van der Waals surface area contributed by atoms with Gasteiger partial charge in [-0.05, 0) is 40.5 Å². The lowest BCUT2D eigenvalue weighted by atomic mass is 9.78. The Kier molecular flexibility index (Phi) is 7.20. The summed E-state index contributed by atoms with van der Waals surface area (Å²) in [6, 6.07) is 14.8. The minimum Gasteiger partial charge on any atom is -0.481 e. The van der Waals surface area contributed by atoms with E-state index in [2.05, 4.69) is 36.6 Å². The Labute approximate surface area is 199 Å². The van der Waals surface area contributed by atoms with Crippen LogP contribution in [-0.2, 0) is 14.3 Å². The topological polar surface area (TPSA) is 105 Å². The molecule has 2 aromatic carbocycles. The fraction of sp³-hybridized carbons (Fsp3) is 0.444. The van der Waals surface area contributed by atoms with Crippen LogP contribution in [0.5, 0.6) is 0 Å². The van der Waals surface area contributed by atoms with Crippen molar-refractivity contribution in [1.29, 1.82) is 0 Å². The number of carboxylic acids is 1. The van der Waals surface area contributed by atoms with Gasteiger partial charge in [0.1, 0.15) is 12.6 Å². The zero-order valence-electron chi connectivity index (χ0n) is 19.6. The zero-order valence-corrected chi connectivity index (χ0v) is 19.6. The second-order valence-electron chi connectivity index (χ2n) is 9.50. The van der Waals surface area contributed by atoms with Gasteiger partial charge in [-0.1, -0.05) is 75.2 Å². The number of hydrogen-bond acceptors (Lipinski definition) is 4. The summed E-state index contributed by atoms with van der Waals surface area (Å²) in [7, 11) is 0. The van der Waals surface area contributed by atoms with Crippen LogP contribution in [0.1, 0.15) is 56.6 Å². The number of carbonyl (C=O) groups is 3. The molecule has 2 aromatic rings. The number of nitrogens with one attached hydrogen (secondary N) is 2. The Morgan fingerprint density at radius 2 is 1.62 bits per heavy atom. The first-order valence-corrected chi connectivity index (χ1v) is 12.0. The Balaban J connectivity index is 1.40. The van der Waals surface area contributed by atoms with Crippen LogP contribution in [0, 0.1) is 11.8 Å². The molecule has 0 heterocycles. The van der Waals surface area contributed by atoms with Crippen molar-refractivity contribution < 1.29 is 24.2 Å². The van der Waals surface area contributed by atoms with Crippen LogP contribution < -0.4 is 10.6 Å². The highest BCUT2D eigenvalue weighted by Gasteiger charge is 2.33. The molecule has 7 nitrogen and oxygen atoms in total. The van der Waals surface area contributed by atoms with E-state index >= 15 is 0 Å². The molecule has 0 aliphatic heterocycles. The Morgan fingerprint density at radius 1 is 1.00 bits per heavy atom. The summed E-state index contributed by atoms with van der Waals surface area (Å²) in [5, 5.41) is 14.7. The van der Waals surface area contributed by atoms with E-state index in [4.69, 9.17) is 4.74 Å². The van der Waals surface area contributed by atoms with Crippen molar-refractivity contribution in [2.24, 2.45) is 11.8 Å². The fourth-order valence-electron chi connectivity index (χ4n) is 5.24. The van der Waals surface area contributed by atoms with E-state index in [-0.39, 0.29) is 24.5 Å². The molecule has 7 heteroatoms. The monoisotopic (exact) mass is 464 g/mol. The van der Waals surface area contributed by atoms with Gasteiger partial charge in [-0.3, -0.25) is 9.59 Å². The predicted molar refractivity (Wildman–Crippen MR) is 128 cm³/mol. The van der Waals surface area contributed by atoms with Crippen LogP contribution in [0.25, 0.3) is 11.1 Å². The van der Waals surface area contributed by atoms with E-state index in [0.717, 1.165) is 41.5 Å². The smallest absolute Gasteiger partial charge is 0.407 e. The maximum atomic E-state index is 12.9. The average molecular weight is 465 g/mol. The van der Waals surface area contributed by atoms with Crippen molar-refractivity contribution in [1.82, 2.24) is 10.6 Å². The molecule has 4 unspecified atom stereocenters. The maximum absolute atomic E-state index is 12.9. The standard InChI is InChI=1S/C27H32N2O5/c1-16-8-7-13-23(17(16)2)28-26(32)24(14-25(30)31)29-27(33)34-15-22-20-11-5-3-9-18(20)19-10-4-6-12-21(19)22/h3-6,9-12,16-17,22-24H,7-8,13-15H2,1-2H3,(H,28,32)(H,29,33)(H,30,31). The van der Waals surface area contributed by atoms with E-state index in [1.54, 1.807) is 0 Å². The number of carboxylic acid groups (broad SMARTS) is 1. The van der Waals surface area contributed by atoms with E-state index in [0.29, 0.717) is 5.92 Å². The van der Waals surface area contributed by atoms with Crippen LogP contribution in [0.3, 0.4) is 0 Å². The van der Waals surface area contributed by atoms with Gasteiger partial charge in [0.15, 0.2) is 0 Å². The van der Waals surface area contributed by atoms with Gasteiger partial charge in [0.25, 0.3) is 0 Å². The van der Waals surface area contributed by atoms with Crippen molar-refractivity contribution in [2.45, 2.75) is 57.5 Å². The summed E-state index contributed by atoms with van der Waals surface area (Å²) < 4.78 is 5.51. The highest BCUT2D eigenvalue weighted by atomic mass is 16.5. The van der Waals surface area contributed by atoms with Crippen LogP contribution in [0.4, 0.5) is 4.79 Å². The van der Waals surface area contributed by atoms with Crippen LogP contribution in [-0.4, -0.2) is 41.8 Å². The molecule has 34 heavy (non-hydrogen) atoms. The lowest BCUT2D eigenvalue weighted by Crippen LogP contribution is -2.53. The summed E-state index contributed by atoms with van der Waals surface area (Å²) >= 11 is 0. The molecule has 1 saturated carbocycles. The molecule has 0 spiro atoms. The van der Waals surface area contributed by atoms with E-state index in [1.165, 1.54) is 0 Å². The lowest BCUT2D eigenvalue weighted by Gasteiger charge is -2.35. The molecular formula is C27H32N2O5. The fourth-order valence-corrected chi connectivity index (χ4v) is 5.24. The molecule has 2 aliphatic rings. The molecule has 4 rings (SSSR count). The number of alkyl carbamates (subject to hydrolysis) is 1. The zero-order chi connectivity index (χ0) is 24.2. The third-order valence-corrected chi connectivity index (χ3v) is 7.37. The Hall–Kier alpha value is -3.35. The van der Waals surface area contributed by atoms with Gasteiger partial charge < -0.3 is 20.5 Å². The van der Waals surface area contributed by atoms with Crippen molar-refractivity contribution in [3.8, 4) is 11.1 Å². The summed E-state index contributed by atoms with van der Waals surface area (Å²) in [5.74, 6) is -0.995. The van der Waals surface area contributed by atoms with Gasteiger partial charge in [-0.2, -0.15) is 0 Å². The van der Waals surface area contributed by atoms with Crippen molar-refractivity contribution >= 4 is 18.0 Å². The maximum Gasteiger partial charge on any atom is 0.407 e. The molecule has 4 atom stereocenters. The molecule has 2 aliphatic carbocycles. The number of rotatable bonds is 7. The lowest BCUT2D eigenvalue weighted by molar-refractivity contribution is -0.140. The van der Waals surface area contributed by atoms with Crippen LogP contribution in [0.15, 0.2) is 48.5 Å². The third-order valence-electron chi connectivity index (χ3n) is 7.37. The van der Waals surface area contributed by atoms with Gasteiger partial charge in [0.05, 0.1) is 6.42 Å². The normalized spacial score (nSPS) is 22.2. The summed E-state index contributed by atoms with van der Waals surface area (Å²) in [6.45, 7) is 4.35. The number of carbonyl (C=O) groups excluding carboxylic acids is 2. The minimum absolute atomic E-state index is 0.0307. The first kappa shape index (κ1) is 23.8. The highest BCUT2D eigenvalue weighted by molar-refractivity contribution is 5.89. The number of fused-ring (bicyclic) bond motifs is 3. The second kappa shape index (κ2) is 10.3. The van der Waals surface area contributed by atoms with Crippen LogP contribution in [0.2, 0.25) is 0 Å². The molecule has 2 amide bonds. The van der Waals surface area contributed by atoms with Crippen molar-refractivity contribution in [2.75, 3.05) is 6.61 Å². The van der Waals surface area contributed by atoms with E-state index < -0.39 is 30.4 Å². The SMILES string of the molecule is CC1CCCC(NC(=O)C(CC(=O)O)NC(=O)OCC2c3ccccc3-c3ccccc32)C1C. The molecule has 3 N–H and O–H groups in total. The van der Waals surface area contributed by atoms with Gasteiger partial charge >= 0.3 is 12.1 Å². The first-order chi connectivity index (χ1) is 16.3. The largest absolute Gasteiger partial charge is 0.481 e. The third kappa shape index (κ3) is 5.08. The molecule has 1 fully saturated rings. The van der Waals surface area contributed by atoms with E-state index in [9.17, 15) is 19.5 Å². The quantitative estimate of drug-likeness (QED) is 0.566. The van der Waals surface area contributed by atoms with Crippen molar-refractivity contribution in [3.05, 3.63) is 59.7 Å². The van der Waals surface area contributed by atoms with Gasteiger partial charge in [0, 0.05) is 12.0 Å². The predicted octanol–water partition coefficient (Wildman–Crippen LogP) is 4.31. The molecule has 0 bridgehead atoms. The Morgan fingerprint density at radius 3 is 2.24 bits per heavy atom. The summed E-state index contributed by atoms with van der Waals surface area (Å²) in [6.07, 6.45) is 1.67. The second-order valence-corrected chi connectivity index (χ2v) is 9.50. The summed E-state index contributed by atoms with van der Waals surface area (Å²) in [4.78, 5) is 36.9. The molecule has 0 radical (unpaired) electrons. The number of aliphatic carboxylic acids is 1. The number of amides is 2. The highest BCUT2D eigenvalue weighted by Crippen LogP contribution is 2.44. The van der Waals surface area contributed by atoms with Gasteiger partial charge in [-0.25, -0.2) is 4.79 Å². The average Bonchev–Trinajstić information content (AvgIpc) is 3.14. The number of benzene rings is 2. The Bertz CT molecular complexity index is 1020. The number of ether oxygens (including phenoxy) is 1. The van der Waals surface area contributed by atoms with Crippen LogP contribution >= 0.6 is 0 Å². The molecule has 0 aromatic heterocycles. The van der Waals surface area contributed by atoms with Crippen molar-refractivity contribution in [3.63, 3.8) is 0 Å². The summed E-state index contributed by atoms with van der Waals surface area (Å²) in [5.41, 5.74) is 4.39. The molecular weight excluding hydrogens is 432 g/mol.